The summed E-state index contributed by atoms with van der Waals surface area (Å²) in [5, 5.41) is 12.1. The summed E-state index contributed by atoms with van der Waals surface area (Å²) in [5.41, 5.74) is -2.65. The molecule has 0 spiro atoms. The Morgan fingerprint density at radius 1 is 1.59 bits per heavy atom. The van der Waals surface area contributed by atoms with Crippen LogP contribution in [0.5, 0.6) is 0 Å². The summed E-state index contributed by atoms with van der Waals surface area (Å²) in [6, 6.07) is 2.28. The zero-order chi connectivity index (χ0) is 13.1. The highest BCUT2D eigenvalue weighted by molar-refractivity contribution is 5.19. The fourth-order valence-electron chi connectivity index (χ4n) is 1.21. The van der Waals surface area contributed by atoms with E-state index in [1.165, 1.54) is 6.08 Å². The Labute approximate surface area is 94.6 Å². The highest BCUT2D eigenvalue weighted by Crippen LogP contribution is 2.26. The lowest BCUT2D eigenvalue weighted by Crippen LogP contribution is -2.31. The van der Waals surface area contributed by atoms with Gasteiger partial charge in [0.25, 0.3) is 5.56 Å². The molecule has 0 aliphatic heterocycles. The molecule has 1 rings (SSSR count). The van der Waals surface area contributed by atoms with E-state index in [9.17, 15) is 18.0 Å². The molecular formula is C10H8F3N3O. The Morgan fingerprint density at radius 3 is 2.71 bits per heavy atom. The van der Waals surface area contributed by atoms with Gasteiger partial charge in [0.2, 0.25) is 0 Å². The largest absolute Gasteiger partial charge is 0.421 e. The van der Waals surface area contributed by atoms with Crippen molar-refractivity contribution in [1.82, 2.24) is 9.78 Å². The number of nitrogens with zero attached hydrogens (tertiary/aromatic N) is 3. The van der Waals surface area contributed by atoms with Gasteiger partial charge in [-0.1, -0.05) is 6.08 Å². The molecule has 0 aromatic carbocycles. The summed E-state index contributed by atoms with van der Waals surface area (Å²) in [6.07, 6.45) is -3.79. The van der Waals surface area contributed by atoms with Crippen LogP contribution in [-0.2, 0) is 19.1 Å². The molecular weight excluding hydrogens is 235 g/mol. The number of allylic oxidation sites excluding steroid dienone is 1. The average Bonchev–Trinajstić information content (AvgIpc) is 2.21. The Bertz CT molecular complexity index is 525. The van der Waals surface area contributed by atoms with Gasteiger partial charge in [0.05, 0.1) is 24.7 Å². The first-order chi connectivity index (χ1) is 7.90. The number of rotatable bonds is 3. The van der Waals surface area contributed by atoms with Gasteiger partial charge in [-0.2, -0.15) is 23.5 Å². The van der Waals surface area contributed by atoms with E-state index >= 15 is 0 Å². The van der Waals surface area contributed by atoms with Gasteiger partial charge in [0.1, 0.15) is 5.56 Å². The number of hydrogen-bond donors (Lipinski definition) is 0. The summed E-state index contributed by atoms with van der Waals surface area (Å²) >= 11 is 0. The smallest absolute Gasteiger partial charge is 0.267 e. The summed E-state index contributed by atoms with van der Waals surface area (Å²) in [6.45, 7) is 3.18. The van der Waals surface area contributed by atoms with Crippen molar-refractivity contribution in [3.8, 4) is 6.07 Å². The normalized spacial score (nSPS) is 10.9. The van der Waals surface area contributed by atoms with E-state index in [0.29, 0.717) is 10.7 Å². The van der Waals surface area contributed by atoms with Crippen molar-refractivity contribution in [3.63, 3.8) is 0 Å². The molecule has 1 aromatic rings. The quantitative estimate of drug-likeness (QED) is 0.756. The van der Waals surface area contributed by atoms with Crippen LogP contribution in [0.3, 0.4) is 0 Å². The van der Waals surface area contributed by atoms with Crippen LogP contribution >= 0.6 is 0 Å². The maximum absolute atomic E-state index is 12.5. The third-order valence-corrected chi connectivity index (χ3v) is 1.89. The third kappa shape index (κ3) is 2.93. The van der Waals surface area contributed by atoms with Crippen LogP contribution in [0.25, 0.3) is 0 Å². The van der Waals surface area contributed by atoms with Gasteiger partial charge in [0, 0.05) is 0 Å². The fourth-order valence-corrected chi connectivity index (χ4v) is 1.21. The number of alkyl halides is 3. The average molecular weight is 243 g/mol. The maximum atomic E-state index is 12.5. The Balaban J connectivity index is 3.44. The first-order valence-electron chi connectivity index (χ1n) is 4.56. The van der Waals surface area contributed by atoms with Crippen LogP contribution in [-0.4, -0.2) is 9.78 Å². The molecule has 0 aliphatic carbocycles. The molecule has 0 bridgehead atoms. The number of aromatic nitrogens is 2. The van der Waals surface area contributed by atoms with Crippen molar-refractivity contribution in [3.05, 3.63) is 40.3 Å². The van der Waals surface area contributed by atoms with Crippen LogP contribution in [0.4, 0.5) is 13.2 Å². The molecule has 0 amide bonds. The second-order valence-electron chi connectivity index (χ2n) is 3.16. The first-order valence-corrected chi connectivity index (χ1v) is 4.56. The van der Waals surface area contributed by atoms with Crippen molar-refractivity contribution in [2.24, 2.45) is 0 Å². The van der Waals surface area contributed by atoms with E-state index in [1.54, 1.807) is 6.07 Å². The summed E-state index contributed by atoms with van der Waals surface area (Å²) in [5.74, 6) is 0. The van der Waals surface area contributed by atoms with Gasteiger partial charge in [-0.25, -0.2) is 4.68 Å². The highest BCUT2D eigenvalue weighted by atomic mass is 19.4. The number of halogens is 3. The van der Waals surface area contributed by atoms with Crippen LogP contribution in [0.15, 0.2) is 23.5 Å². The van der Waals surface area contributed by atoms with E-state index in [1.807, 2.05) is 0 Å². The Hall–Kier alpha value is -2.10. The van der Waals surface area contributed by atoms with Gasteiger partial charge in [0.15, 0.2) is 0 Å². The van der Waals surface area contributed by atoms with Crippen molar-refractivity contribution in [2.75, 3.05) is 0 Å². The lowest BCUT2D eigenvalue weighted by Gasteiger charge is -2.10. The van der Waals surface area contributed by atoms with E-state index in [2.05, 4.69) is 11.7 Å². The van der Waals surface area contributed by atoms with E-state index < -0.39 is 17.3 Å². The van der Waals surface area contributed by atoms with Crippen LogP contribution in [0.1, 0.15) is 11.3 Å². The minimum atomic E-state index is -4.76. The zero-order valence-corrected chi connectivity index (χ0v) is 8.66. The van der Waals surface area contributed by atoms with Crippen molar-refractivity contribution in [1.29, 1.82) is 5.26 Å². The van der Waals surface area contributed by atoms with Crippen molar-refractivity contribution >= 4 is 0 Å². The molecule has 1 heterocycles. The number of nitriles is 1. The molecule has 0 N–H and O–H groups in total. The monoisotopic (exact) mass is 243 g/mol. The molecule has 1 aromatic heterocycles. The second-order valence-corrected chi connectivity index (χ2v) is 3.16. The summed E-state index contributed by atoms with van der Waals surface area (Å²) < 4.78 is 38.3. The molecule has 7 heteroatoms. The van der Waals surface area contributed by atoms with Gasteiger partial charge >= 0.3 is 6.18 Å². The second kappa shape index (κ2) is 4.82. The van der Waals surface area contributed by atoms with Gasteiger partial charge in [-0.3, -0.25) is 4.79 Å². The molecule has 0 atom stereocenters. The van der Waals surface area contributed by atoms with Crippen LogP contribution in [0, 0.1) is 11.3 Å². The van der Waals surface area contributed by atoms with E-state index in [-0.39, 0.29) is 18.7 Å². The standard InChI is InChI=1S/C10H8F3N3O/c1-2-5-16-9(17)8(10(11,12)13)6-7(15-16)3-4-14/h2,6H,1,3,5H2. The molecule has 0 saturated heterocycles. The third-order valence-electron chi connectivity index (χ3n) is 1.89. The summed E-state index contributed by atoms with van der Waals surface area (Å²) in [7, 11) is 0. The maximum Gasteiger partial charge on any atom is 0.421 e. The molecule has 0 aliphatic rings. The Morgan fingerprint density at radius 2 is 2.24 bits per heavy atom. The van der Waals surface area contributed by atoms with Crippen molar-refractivity contribution < 1.29 is 13.2 Å². The molecule has 0 fully saturated rings. The molecule has 90 valence electrons. The predicted molar refractivity (Wildman–Crippen MR) is 53.0 cm³/mol. The lowest BCUT2D eigenvalue weighted by atomic mass is 10.2. The molecule has 17 heavy (non-hydrogen) atoms. The summed E-state index contributed by atoms with van der Waals surface area (Å²) in [4.78, 5) is 11.4. The zero-order valence-electron chi connectivity index (χ0n) is 8.66. The van der Waals surface area contributed by atoms with E-state index in [4.69, 9.17) is 5.26 Å². The molecule has 4 nitrogen and oxygen atoms in total. The molecule has 0 radical (unpaired) electrons. The minimum Gasteiger partial charge on any atom is -0.267 e. The van der Waals surface area contributed by atoms with Gasteiger partial charge < -0.3 is 0 Å². The first kappa shape index (κ1) is 13.0. The topological polar surface area (TPSA) is 58.7 Å². The van der Waals surface area contributed by atoms with Crippen LogP contribution < -0.4 is 5.56 Å². The van der Waals surface area contributed by atoms with Gasteiger partial charge in [-0.05, 0) is 6.07 Å². The van der Waals surface area contributed by atoms with Crippen LogP contribution in [0.2, 0.25) is 0 Å². The van der Waals surface area contributed by atoms with Gasteiger partial charge in [-0.15, -0.1) is 6.58 Å². The predicted octanol–water partition coefficient (Wildman–Crippen LogP) is 1.51. The fraction of sp³-hybridized carbons (Fsp3) is 0.300. The number of hydrogen-bond acceptors (Lipinski definition) is 3. The van der Waals surface area contributed by atoms with Crippen molar-refractivity contribution in [2.45, 2.75) is 19.1 Å². The molecule has 0 saturated carbocycles. The molecule has 0 unspecified atom stereocenters. The SMILES string of the molecule is C=CCn1nc(CC#N)cc(C(F)(F)F)c1=O. The lowest BCUT2D eigenvalue weighted by molar-refractivity contribution is -0.139. The minimum absolute atomic E-state index is 0.0960. The van der Waals surface area contributed by atoms with E-state index in [0.717, 1.165) is 0 Å². The Kier molecular flexibility index (Phi) is 3.68. The highest BCUT2D eigenvalue weighted by Gasteiger charge is 2.35.